The maximum absolute atomic E-state index is 12.3. The van der Waals surface area contributed by atoms with E-state index in [1.54, 1.807) is 36.4 Å². The van der Waals surface area contributed by atoms with Crippen LogP contribution in [-0.2, 0) is 16.6 Å². The molecule has 7 heteroatoms. The van der Waals surface area contributed by atoms with Gasteiger partial charge < -0.3 is 0 Å². The van der Waals surface area contributed by atoms with Gasteiger partial charge in [-0.15, -0.1) is 0 Å². The number of nitrogens with zero attached hydrogens (tertiary/aromatic N) is 1. The minimum atomic E-state index is -3.63. The first-order chi connectivity index (χ1) is 9.92. The van der Waals surface area contributed by atoms with Gasteiger partial charge in [-0.2, -0.15) is 5.26 Å². The van der Waals surface area contributed by atoms with Crippen molar-refractivity contribution in [2.45, 2.75) is 11.4 Å². The number of nitriles is 1. The lowest BCUT2D eigenvalue weighted by Crippen LogP contribution is -2.23. The smallest absolute Gasteiger partial charge is 0.207 e. The molecule has 0 aliphatic carbocycles. The zero-order valence-corrected chi connectivity index (χ0v) is 14.7. The van der Waals surface area contributed by atoms with E-state index in [4.69, 9.17) is 5.26 Å². The van der Waals surface area contributed by atoms with Crippen LogP contribution < -0.4 is 4.72 Å². The van der Waals surface area contributed by atoms with Gasteiger partial charge in [-0.3, -0.25) is 0 Å². The first-order valence-electron chi connectivity index (χ1n) is 5.86. The summed E-state index contributed by atoms with van der Waals surface area (Å²) in [6.07, 6.45) is 0. The average molecular weight is 430 g/mol. The van der Waals surface area contributed by atoms with E-state index in [1.807, 2.05) is 6.07 Å². The van der Waals surface area contributed by atoms with E-state index in [0.717, 1.165) is 10.0 Å². The molecule has 0 aliphatic rings. The van der Waals surface area contributed by atoms with Crippen molar-refractivity contribution < 1.29 is 8.42 Å². The molecule has 0 saturated carbocycles. The lowest BCUT2D eigenvalue weighted by molar-refractivity contribution is 0.581. The maximum atomic E-state index is 12.3. The molecule has 0 aromatic heterocycles. The van der Waals surface area contributed by atoms with Crippen molar-refractivity contribution in [1.29, 1.82) is 5.26 Å². The predicted molar refractivity (Wildman–Crippen MR) is 87.0 cm³/mol. The summed E-state index contributed by atoms with van der Waals surface area (Å²) in [6.45, 7) is 0.125. The highest BCUT2D eigenvalue weighted by atomic mass is 79.9. The summed E-state index contributed by atoms with van der Waals surface area (Å²) in [6, 6.07) is 13.7. The summed E-state index contributed by atoms with van der Waals surface area (Å²) in [5.74, 6) is 0. The molecular weight excluding hydrogens is 420 g/mol. The van der Waals surface area contributed by atoms with E-state index >= 15 is 0 Å². The van der Waals surface area contributed by atoms with Gasteiger partial charge in [-0.25, -0.2) is 13.1 Å². The van der Waals surface area contributed by atoms with Gasteiger partial charge >= 0.3 is 0 Å². The quantitative estimate of drug-likeness (QED) is 0.807. The van der Waals surface area contributed by atoms with Crippen molar-refractivity contribution in [3.05, 3.63) is 62.5 Å². The molecule has 0 amide bonds. The normalized spacial score (nSPS) is 11.1. The largest absolute Gasteiger partial charge is 0.241 e. The van der Waals surface area contributed by atoms with Gasteiger partial charge in [0, 0.05) is 15.5 Å². The molecule has 0 fully saturated rings. The fourth-order valence-electron chi connectivity index (χ4n) is 1.70. The van der Waals surface area contributed by atoms with Crippen LogP contribution in [0, 0.1) is 11.3 Å². The standard InChI is InChI=1S/C14H10Br2N2O2S/c15-12-4-5-14(13(16)7-12)21(19,20)18-9-11-3-1-2-10(6-11)8-17/h1-7,18H,9H2. The monoisotopic (exact) mass is 428 g/mol. The molecular formula is C14H10Br2N2O2S. The maximum Gasteiger partial charge on any atom is 0.241 e. The van der Waals surface area contributed by atoms with Gasteiger partial charge in [-0.1, -0.05) is 28.1 Å². The van der Waals surface area contributed by atoms with Crippen LogP contribution in [0.2, 0.25) is 0 Å². The second-order valence-electron chi connectivity index (χ2n) is 4.21. The third kappa shape index (κ3) is 4.14. The van der Waals surface area contributed by atoms with Crippen LogP contribution in [0.15, 0.2) is 56.3 Å². The number of hydrogen-bond donors (Lipinski definition) is 1. The Morgan fingerprint density at radius 1 is 1.14 bits per heavy atom. The van der Waals surface area contributed by atoms with Gasteiger partial charge in [0.1, 0.15) is 0 Å². The zero-order chi connectivity index (χ0) is 15.5. The molecule has 0 unspecified atom stereocenters. The molecule has 0 bridgehead atoms. The van der Waals surface area contributed by atoms with E-state index in [-0.39, 0.29) is 11.4 Å². The molecule has 2 aromatic rings. The van der Waals surface area contributed by atoms with E-state index in [9.17, 15) is 8.42 Å². The summed E-state index contributed by atoms with van der Waals surface area (Å²) in [7, 11) is -3.63. The van der Waals surface area contributed by atoms with Crippen molar-refractivity contribution in [3.63, 3.8) is 0 Å². The molecule has 0 spiro atoms. The second-order valence-corrected chi connectivity index (χ2v) is 7.72. The Bertz CT molecular complexity index is 814. The number of rotatable bonds is 4. The molecule has 0 aliphatic heterocycles. The molecule has 0 radical (unpaired) electrons. The van der Waals surface area contributed by atoms with E-state index < -0.39 is 10.0 Å². The lowest BCUT2D eigenvalue weighted by atomic mass is 10.1. The summed E-state index contributed by atoms with van der Waals surface area (Å²) in [5.41, 5.74) is 1.22. The predicted octanol–water partition coefficient (Wildman–Crippen LogP) is 3.56. The average Bonchev–Trinajstić information content (AvgIpc) is 2.45. The van der Waals surface area contributed by atoms with Gasteiger partial charge in [0.15, 0.2) is 0 Å². The van der Waals surface area contributed by atoms with E-state index in [2.05, 4.69) is 36.6 Å². The third-order valence-corrected chi connectivity index (χ3v) is 5.58. The van der Waals surface area contributed by atoms with Crippen LogP contribution in [0.5, 0.6) is 0 Å². The van der Waals surface area contributed by atoms with Gasteiger partial charge in [-0.05, 0) is 51.8 Å². The Labute approximate surface area is 140 Å². The molecule has 0 heterocycles. The van der Waals surface area contributed by atoms with Crippen molar-refractivity contribution in [2.75, 3.05) is 0 Å². The Kier molecular flexibility index (Phi) is 5.17. The van der Waals surface area contributed by atoms with E-state index in [0.29, 0.717) is 10.0 Å². The molecule has 4 nitrogen and oxygen atoms in total. The second kappa shape index (κ2) is 6.71. The molecule has 108 valence electrons. The Morgan fingerprint density at radius 3 is 2.57 bits per heavy atom. The fraction of sp³-hybridized carbons (Fsp3) is 0.0714. The van der Waals surface area contributed by atoms with Crippen molar-refractivity contribution in [2.24, 2.45) is 0 Å². The van der Waals surface area contributed by atoms with Gasteiger partial charge in [0.05, 0.1) is 16.5 Å². The van der Waals surface area contributed by atoms with Crippen LogP contribution >= 0.6 is 31.9 Å². The number of nitrogens with one attached hydrogen (secondary N) is 1. The number of benzene rings is 2. The Balaban J connectivity index is 2.20. The van der Waals surface area contributed by atoms with Crippen LogP contribution in [0.4, 0.5) is 0 Å². The SMILES string of the molecule is N#Cc1cccc(CNS(=O)(=O)c2ccc(Br)cc2Br)c1. The summed E-state index contributed by atoms with van der Waals surface area (Å²) in [4.78, 5) is 0.169. The van der Waals surface area contributed by atoms with Gasteiger partial charge in [0.25, 0.3) is 0 Å². The highest BCUT2D eigenvalue weighted by Crippen LogP contribution is 2.25. The Hall–Kier alpha value is -1.20. The molecule has 0 atom stereocenters. The first kappa shape index (κ1) is 16.2. The molecule has 0 saturated heterocycles. The van der Waals surface area contributed by atoms with Crippen molar-refractivity contribution >= 4 is 41.9 Å². The van der Waals surface area contributed by atoms with Crippen molar-refractivity contribution in [1.82, 2.24) is 4.72 Å². The highest BCUT2D eigenvalue weighted by molar-refractivity contribution is 9.11. The number of hydrogen-bond acceptors (Lipinski definition) is 3. The number of halogens is 2. The summed E-state index contributed by atoms with van der Waals surface area (Å²) < 4.78 is 28.3. The number of sulfonamides is 1. The third-order valence-electron chi connectivity index (χ3n) is 2.71. The van der Waals surface area contributed by atoms with E-state index in [1.165, 1.54) is 6.07 Å². The van der Waals surface area contributed by atoms with Crippen molar-refractivity contribution in [3.8, 4) is 6.07 Å². The summed E-state index contributed by atoms with van der Waals surface area (Å²) >= 11 is 6.52. The minimum absolute atomic E-state index is 0.125. The fourth-order valence-corrected chi connectivity index (χ4v) is 4.46. The van der Waals surface area contributed by atoms with Crippen LogP contribution in [0.3, 0.4) is 0 Å². The van der Waals surface area contributed by atoms with Crippen LogP contribution in [0.25, 0.3) is 0 Å². The highest BCUT2D eigenvalue weighted by Gasteiger charge is 2.17. The van der Waals surface area contributed by atoms with Crippen LogP contribution in [0.1, 0.15) is 11.1 Å². The lowest BCUT2D eigenvalue weighted by Gasteiger charge is -2.09. The zero-order valence-electron chi connectivity index (χ0n) is 10.7. The molecule has 1 N–H and O–H groups in total. The minimum Gasteiger partial charge on any atom is -0.207 e. The van der Waals surface area contributed by atoms with Gasteiger partial charge in [0.2, 0.25) is 10.0 Å². The Morgan fingerprint density at radius 2 is 1.90 bits per heavy atom. The molecule has 2 rings (SSSR count). The topological polar surface area (TPSA) is 70.0 Å². The first-order valence-corrected chi connectivity index (χ1v) is 8.93. The molecule has 21 heavy (non-hydrogen) atoms. The van der Waals surface area contributed by atoms with Crippen LogP contribution in [-0.4, -0.2) is 8.42 Å². The summed E-state index contributed by atoms with van der Waals surface area (Å²) in [5, 5.41) is 8.83. The molecule has 2 aromatic carbocycles.